The van der Waals surface area contributed by atoms with E-state index in [1.54, 1.807) is 30.3 Å². The van der Waals surface area contributed by atoms with Gasteiger partial charge in [0.25, 0.3) is 0 Å². The van der Waals surface area contributed by atoms with Gasteiger partial charge in [-0.05, 0) is 48.4 Å². The molecule has 0 aliphatic heterocycles. The van der Waals surface area contributed by atoms with Crippen LogP contribution in [0.15, 0.2) is 47.7 Å². The van der Waals surface area contributed by atoms with Crippen molar-refractivity contribution in [1.29, 1.82) is 0 Å². The van der Waals surface area contributed by atoms with Gasteiger partial charge in [-0.25, -0.2) is 0 Å². The van der Waals surface area contributed by atoms with E-state index in [-0.39, 0.29) is 18.3 Å². The summed E-state index contributed by atoms with van der Waals surface area (Å²) in [5, 5.41) is 29.9. The Bertz CT molecular complexity index is 730. The maximum Gasteiger partial charge on any atom is 0.303 e. The molecule has 0 aromatic heterocycles. The number of carbonyl (C=O) groups is 1. The molecule has 6 nitrogen and oxygen atoms in total. The molecule has 0 spiro atoms. The first-order chi connectivity index (χ1) is 13.0. The maximum absolute atomic E-state index is 10.5. The van der Waals surface area contributed by atoms with E-state index < -0.39 is 18.2 Å². The molecule has 2 aliphatic rings. The lowest BCUT2D eigenvalue weighted by molar-refractivity contribution is -0.137. The van der Waals surface area contributed by atoms with E-state index in [9.17, 15) is 15.0 Å². The van der Waals surface area contributed by atoms with Crippen molar-refractivity contribution < 1.29 is 25.0 Å². The van der Waals surface area contributed by atoms with Gasteiger partial charge in [-0.2, -0.15) is 0 Å². The van der Waals surface area contributed by atoms with Crippen molar-refractivity contribution in [2.24, 2.45) is 11.8 Å². The summed E-state index contributed by atoms with van der Waals surface area (Å²) in [5.41, 5.74) is 5.77. The molecule has 1 aromatic carbocycles. The van der Waals surface area contributed by atoms with Gasteiger partial charge in [-0.15, -0.1) is 0 Å². The van der Waals surface area contributed by atoms with Crippen LogP contribution >= 0.6 is 11.6 Å². The summed E-state index contributed by atoms with van der Waals surface area (Å²) < 4.78 is 0. The maximum atomic E-state index is 10.5. The Labute approximate surface area is 163 Å². The Balaban J connectivity index is 1.51. The molecule has 2 aliphatic carbocycles. The van der Waals surface area contributed by atoms with E-state index in [0.717, 1.165) is 23.3 Å². The van der Waals surface area contributed by atoms with Gasteiger partial charge in [0.05, 0.1) is 18.8 Å². The number of hydrogen-bond acceptors (Lipinski definition) is 5. The number of nitrogens with one attached hydrogen (secondary N) is 1. The summed E-state index contributed by atoms with van der Waals surface area (Å²) >= 11 is 5.86. The lowest BCUT2D eigenvalue weighted by Gasteiger charge is -2.31. The topological polar surface area (TPSA) is 99.0 Å². The van der Waals surface area contributed by atoms with Crippen LogP contribution in [0.5, 0.6) is 0 Å². The molecule has 0 radical (unpaired) electrons. The van der Waals surface area contributed by atoms with Crippen molar-refractivity contribution in [3.8, 4) is 0 Å². The van der Waals surface area contributed by atoms with Crippen molar-refractivity contribution in [1.82, 2.24) is 5.48 Å². The van der Waals surface area contributed by atoms with Crippen LogP contribution in [-0.2, 0) is 9.63 Å². The minimum absolute atomic E-state index is 0.0282. The van der Waals surface area contributed by atoms with Gasteiger partial charge in [0.2, 0.25) is 0 Å². The molecule has 1 aromatic rings. The highest BCUT2D eigenvalue weighted by Gasteiger charge is 2.44. The van der Waals surface area contributed by atoms with Crippen molar-refractivity contribution >= 4 is 17.6 Å². The van der Waals surface area contributed by atoms with E-state index in [0.29, 0.717) is 24.5 Å². The average Bonchev–Trinajstić information content (AvgIpc) is 2.87. The summed E-state index contributed by atoms with van der Waals surface area (Å²) in [6, 6.07) is 7.03. The van der Waals surface area contributed by atoms with Crippen LogP contribution in [0.2, 0.25) is 5.02 Å². The molecule has 27 heavy (non-hydrogen) atoms. The van der Waals surface area contributed by atoms with Gasteiger partial charge in [-0.1, -0.05) is 35.9 Å². The fourth-order valence-electron chi connectivity index (χ4n) is 3.65. The van der Waals surface area contributed by atoms with E-state index in [1.165, 1.54) is 0 Å². The lowest BCUT2D eigenvalue weighted by Crippen LogP contribution is -2.29. The van der Waals surface area contributed by atoms with Gasteiger partial charge in [0.1, 0.15) is 0 Å². The van der Waals surface area contributed by atoms with Gasteiger partial charge < -0.3 is 15.3 Å². The third kappa shape index (κ3) is 4.90. The molecule has 146 valence electrons. The number of hydrogen-bond donors (Lipinski definition) is 4. The lowest BCUT2D eigenvalue weighted by atomic mass is 9.79. The summed E-state index contributed by atoms with van der Waals surface area (Å²) in [7, 11) is 0. The quantitative estimate of drug-likeness (QED) is 0.292. The molecule has 0 amide bonds. The number of hydroxylamine groups is 1. The van der Waals surface area contributed by atoms with Crippen molar-refractivity contribution in [3.63, 3.8) is 0 Å². The Morgan fingerprint density at radius 2 is 2.07 bits per heavy atom. The monoisotopic (exact) mass is 393 g/mol. The normalized spacial score (nSPS) is 25.4. The van der Waals surface area contributed by atoms with E-state index in [1.807, 2.05) is 6.08 Å². The number of benzene rings is 1. The number of aliphatic hydroxyl groups excluding tert-OH is 2. The number of halogens is 1. The molecule has 7 heteroatoms. The smallest absolute Gasteiger partial charge is 0.303 e. The predicted octanol–water partition coefficient (Wildman–Crippen LogP) is 2.97. The Hall–Kier alpha value is -1.86. The van der Waals surface area contributed by atoms with Crippen LogP contribution < -0.4 is 5.48 Å². The third-order valence-electron chi connectivity index (χ3n) is 5.16. The van der Waals surface area contributed by atoms with Gasteiger partial charge in [-0.3, -0.25) is 15.1 Å². The summed E-state index contributed by atoms with van der Waals surface area (Å²) in [6.07, 6.45) is 4.28. The number of allylic oxidation sites excluding steroid dienone is 1. The molecule has 0 heterocycles. The number of fused-ring (bicyclic) bond motifs is 1. The fourth-order valence-corrected chi connectivity index (χ4v) is 3.77. The largest absolute Gasteiger partial charge is 0.481 e. The highest BCUT2D eigenvalue weighted by atomic mass is 35.5. The van der Waals surface area contributed by atoms with Crippen LogP contribution in [0.1, 0.15) is 37.4 Å². The predicted molar refractivity (Wildman–Crippen MR) is 101 cm³/mol. The standard InChI is InChI=1S/C20H24ClNO5/c21-13-5-3-12(4-6-13)18(23)8-7-14-15-10-17(16(15)11-19(14)24)22-27-9-1-2-20(25)26/h3-8,14-15,18-19,22-24H,1-2,9-11H2,(H,25,26)/t14?,15-,18?,19?/m0/s1. The van der Waals surface area contributed by atoms with Crippen LogP contribution in [0, 0.1) is 11.8 Å². The molecular weight excluding hydrogens is 370 g/mol. The molecule has 3 rings (SSSR count). The Morgan fingerprint density at radius 1 is 1.33 bits per heavy atom. The van der Waals surface area contributed by atoms with E-state index in [4.69, 9.17) is 21.5 Å². The van der Waals surface area contributed by atoms with Crippen LogP contribution in [0.4, 0.5) is 0 Å². The first-order valence-electron chi connectivity index (χ1n) is 9.07. The first kappa shape index (κ1) is 19.9. The second kappa shape index (κ2) is 8.89. The minimum Gasteiger partial charge on any atom is -0.481 e. The van der Waals surface area contributed by atoms with Crippen molar-refractivity contribution in [2.75, 3.05) is 6.61 Å². The number of aliphatic carboxylic acids is 1. The van der Waals surface area contributed by atoms with Crippen LogP contribution in [-0.4, -0.2) is 34.0 Å². The zero-order valence-corrected chi connectivity index (χ0v) is 15.6. The Morgan fingerprint density at radius 3 is 2.78 bits per heavy atom. The van der Waals surface area contributed by atoms with Crippen LogP contribution in [0.3, 0.4) is 0 Å². The zero-order valence-electron chi connectivity index (χ0n) is 14.8. The van der Waals surface area contributed by atoms with Gasteiger partial charge in [0.15, 0.2) is 0 Å². The number of carboxylic acids is 1. The molecule has 4 N–H and O–H groups in total. The summed E-state index contributed by atoms with van der Waals surface area (Å²) in [5.74, 6) is -0.614. The van der Waals surface area contributed by atoms with Gasteiger partial charge in [0, 0.05) is 23.1 Å². The van der Waals surface area contributed by atoms with Crippen molar-refractivity contribution in [2.45, 2.75) is 37.9 Å². The van der Waals surface area contributed by atoms with Crippen LogP contribution in [0.25, 0.3) is 0 Å². The number of carboxylic acid groups (broad SMARTS) is 1. The Kier molecular flexibility index (Phi) is 6.55. The highest BCUT2D eigenvalue weighted by molar-refractivity contribution is 6.30. The molecule has 0 bridgehead atoms. The minimum atomic E-state index is -0.835. The molecule has 4 atom stereocenters. The second-order valence-corrected chi connectivity index (χ2v) is 7.43. The van der Waals surface area contributed by atoms with E-state index in [2.05, 4.69) is 5.48 Å². The molecule has 3 unspecified atom stereocenters. The second-order valence-electron chi connectivity index (χ2n) is 6.99. The summed E-state index contributed by atoms with van der Waals surface area (Å²) in [6.45, 7) is 0.326. The first-order valence-corrected chi connectivity index (χ1v) is 9.45. The van der Waals surface area contributed by atoms with Crippen molar-refractivity contribution in [3.05, 3.63) is 58.3 Å². The third-order valence-corrected chi connectivity index (χ3v) is 5.41. The number of rotatable bonds is 9. The SMILES string of the molecule is O=C(O)CCCONC1=C2CC(O)C(C=CC(O)c3ccc(Cl)cc3)[C@@H]2C1. The summed E-state index contributed by atoms with van der Waals surface area (Å²) in [4.78, 5) is 15.8. The molecule has 0 saturated heterocycles. The average molecular weight is 394 g/mol. The highest BCUT2D eigenvalue weighted by Crippen LogP contribution is 2.49. The number of aliphatic hydroxyl groups is 2. The fraction of sp³-hybridized carbons (Fsp3) is 0.450. The van der Waals surface area contributed by atoms with E-state index >= 15 is 0 Å². The molecular formula is C20H24ClNO5. The zero-order chi connectivity index (χ0) is 19.4. The molecule has 1 saturated carbocycles. The molecule has 1 fully saturated rings. The van der Waals surface area contributed by atoms with Gasteiger partial charge >= 0.3 is 5.97 Å².